The molecular weight excluding hydrogens is 410 g/mol. The van der Waals surface area contributed by atoms with Crippen molar-refractivity contribution in [2.75, 3.05) is 18.2 Å². The van der Waals surface area contributed by atoms with Crippen LogP contribution in [0, 0.1) is 6.92 Å². The summed E-state index contributed by atoms with van der Waals surface area (Å²) in [6.45, 7) is 1.85. The third kappa shape index (κ3) is 4.18. The summed E-state index contributed by atoms with van der Waals surface area (Å²) in [4.78, 5) is 30.4. The van der Waals surface area contributed by atoms with Crippen molar-refractivity contribution in [2.45, 2.75) is 19.1 Å². The van der Waals surface area contributed by atoms with Crippen molar-refractivity contribution in [3.8, 4) is 16.9 Å². The van der Waals surface area contributed by atoms with Gasteiger partial charge in [-0.15, -0.1) is 0 Å². The summed E-state index contributed by atoms with van der Waals surface area (Å²) in [5.41, 5.74) is 4.37. The molecule has 4 heterocycles. The van der Waals surface area contributed by atoms with Crippen LogP contribution in [0.15, 0.2) is 30.7 Å². The maximum absolute atomic E-state index is 13.1. The number of ether oxygens (including phenoxy) is 1. The van der Waals surface area contributed by atoms with Crippen molar-refractivity contribution in [1.82, 2.24) is 19.9 Å². The van der Waals surface area contributed by atoms with E-state index < -0.39 is 0 Å². The normalized spacial score (nSPS) is 12.9. The summed E-state index contributed by atoms with van der Waals surface area (Å²) in [7, 11) is 1.54. The minimum atomic E-state index is -0.332. The second-order valence-electron chi connectivity index (χ2n) is 6.48. The molecule has 0 saturated carbocycles. The lowest BCUT2D eigenvalue weighted by Gasteiger charge is -2.16. The zero-order valence-corrected chi connectivity index (χ0v) is 17.5. The highest BCUT2D eigenvalue weighted by atomic mass is 35.5. The number of halogens is 1. The van der Waals surface area contributed by atoms with Gasteiger partial charge in [0.1, 0.15) is 10.9 Å². The summed E-state index contributed by atoms with van der Waals surface area (Å²) in [5, 5.41) is 3.15. The zero-order valence-electron chi connectivity index (χ0n) is 15.9. The number of thioether (sulfide) groups is 1. The Kier molecular flexibility index (Phi) is 5.64. The summed E-state index contributed by atoms with van der Waals surface area (Å²) in [6.07, 6.45) is 5.51. The number of amides is 1. The van der Waals surface area contributed by atoms with Crippen LogP contribution >= 0.6 is 23.4 Å². The summed E-state index contributed by atoms with van der Waals surface area (Å²) >= 11 is 7.92. The molecule has 0 aromatic carbocycles. The number of hydrogen-bond acceptors (Lipinski definition) is 7. The first-order valence-corrected chi connectivity index (χ1v) is 10.5. The van der Waals surface area contributed by atoms with Gasteiger partial charge in [-0.25, -0.2) is 9.97 Å². The molecule has 7 nitrogen and oxygen atoms in total. The van der Waals surface area contributed by atoms with Crippen LogP contribution in [0.25, 0.3) is 11.1 Å². The molecule has 0 spiro atoms. The summed E-state index contributed by atoms with van der Waals surface area (Å²) < 4.78 is 5.41. The number of fused-ring (bicyclic) bond motifs is 1. The van der Waals surface area contributed by atoms with Gasteiger partial charge in [-0.1, -0.05) is 11.6 Å². The van der Waals surface area contributed by atoms with Crippen molar-refractivity contribution in [3.05, 3.63) is 58.5 Å². The fourth-order valence-electron chi connectivity index (χ4n) is 3.11. The first-order valence-electron chi connectivity index (χ1n) is 8.95. The van der Waals surface area contributed by atoms with Crippen LogP contribution in [0.1, 0.15) is 27.4 Å². The Balaban J connectivity index is 1.70. The van der Waals surface area contributed by atoms with Crippen LogP contribution in [-0.2, 0) is 12.2 Å². The molecule has 0 bridgehead atoms. The molecule has 0 aliphatic carbocycles. The van der Waals surface area contributed by atoms with Crippen molar-refractivity contribution in [3.63, 3.8) is 0 Å². The number of pyridine rings is 2. The number of hydrogen-bond donors (Lipinski definition) is 1. The second-order valence-corrected chi connectivity index (χ2v) is 7.98. The largest absolute Gasteiger partial charge is 0.494 e. The fourth-order valence-corrected chi connectivity index (χ4v) is 4.18. The predicted octanol–water partition coefficient (Wildman–Crippen LogP) is 3.95. The molecule has 0 fully saturated rings. The van der Waals surface area contributed by atoms with Crippen LogP contribution in [-0.4, -0.2) is 38.7 Å². The molecule has 148 valence electrons. The highest BCUT2D eigenvalue weighted by molar-refractivity contribution is 7.98. The number of carbonyl (C=O) groups excluding carboxylic acids is 1. The molecule has 0 saturated heterocycles. The van der Waals surface area contributed by atoms with Gasteiger partial charge in [0.05, 0.1) is 36.5 Å². The number of rotatable bonds is 4. The highest BCUT2D eigenvalue weighted by Crippen LogP contribution is 2.34. The van der Waals surface area contributed by atoms with Crippen molar-refractivity contribution in [2.24, 2.45) is 0 Å². The quantitative estimate of drug-likeness (QED) is 0.630. The topological polar surface area (TPSA) is 89.9 Å². The number of aryl methyl sites for hydroxylation is 2. The molecular formula is C20H18ClN5O2S. The minimum Gasteiger partial charge on any atom is -0.494 e. The molecule has 0 radical (unpaired) electrons. The standard InChI is InChI=1S/C20H18ClN5O2S/c1-11-5-12(13-6-18(21)24-8-17(13)28-2)14(7-22-11)20(27)26-19-9-23-16-10-29-4-3-15(16)25-19/h5-9H,3-4,10H2,1-2H3,(H,25,26,27). The third-order valence-corrected chi connectivity index (χ3v) is 5.70. The number of methoxy groups -OCH3 is 1. The first kappa shape index (κ1) is 19.6. The molecule has 9 heteroatoms. The van der Waals surface area contributed by atoms with E-state index in [9.17, 15) is 4.79 Å². The Morgan fingerprint density at radius 1 is 1.14 bits per heavy atom. The molecule has 29 heavy (non-hydrogen) atoms. The van der Waals surface area contributed by atoms with E-state index in [-0.39, 0.29) is 5.91 Å². The lowest BCUT2D eigenvalue weighted by atomic mass is 10.0. The van der Waals surface area contributed by atoms with Gasteiger partial charge >= 0.3 is 0 Å². The van der Waals surface area contributed by atoms with Gasteiger partial charge in [-0.05, 0) is 24.8 Å². The van der Waals surface area contributed by atoms with E-state index in [1.807, 2.05) is 24.8 Å². The molecule has 1 amide bonds. The predicted molar refractivity (Wildman–Crippen MR) is 114 cm³/mol. The molecule has 4 rings (SSSR count). The van der Waals surface area contributed by atoms with E-state index in [2.05, 4.69) is 25.3 Å². The van der Waals surface area contributed by atoms with Gasteiger partial charge in [-0.3, -0.25) is 14.8 Å². The summed E-state index contributed by atoms with van der Waals surface area (Å²) in [5.74, 6) is 2.47. The van der Waals surface area contributed by atoms with E-state index in [4.69, 9.17) is 16.3 Å². The fraction of sp³-hybridized carbons (Fsp3) is 0.250. The van der Waals surface area contributed by atoms with Crippen molar-refractivity contribution in [1.29, 1.82) is 0 Å². The van der Waals surface area contributed by atoms with E-state index in [0.29, 0.717) is 33.4 Å². The molecule has 0 atom stereocenters. The molecule has 3 aromatic rings. The van der Waals surface area contributed by atoms with Gasteiger partial charge in [0, 0.05) is 35.2 Å². The molecule has 1 N–H and O–H groups in total. The van der Waals surface area contributed by atoms with Gasteiger partial charge in [0.25, 0.3) is 5.91 Å². The Morgan fingerprint density at radius 2 is 2.00 bits per heavy atom. The number of nitrogens with zero attached hydrogens (tertiary/aromatic N) is 4. The van der Waals surface area contributed by atoms with E-state index >= 15 is 0 Å². The number of anilines is 1. The smallest absolute Gasteiger partial charge is 0.259 e. The average molecular weight is 428 g/mol. The SMILES string of the molecule is COc1cnc(Cl)cc1-c1cc(C)ncc1C(=O)Nc1cnc2c(n1)CCSC2. The Morgan fingerprint density at radius 3 is 2.83 bits per heavy atom. The van der Waals surface area contributed by atoms with Gasteiger partial charge in [0.15, 0.2) is 5.82 Å². The lowest BCUT2D eigenvalue weighted by Crippen LogP contribution is -2.17. The van der Waals surface area contributed by atoms with E-state index in [1.54, 1.807) is 19.4 Å². The van der Waals surface area contributed by atoms with Crippen molar-refractivity contribution >= 4 is 35.1 Å². The Bertz CT molecular complexity index is 1090. The van der Waals surface area contributed by atoms with Crippen LogP contribution in [0.2, 0.25) is 5.15 Å². The monoisotopic (exact) mass is 427 g/mol. The van der Waals surface area contributed by atoms with Crippen LogP contribution in [0.4, 0.5) is 5.82 Å². The van der Waals surface area contributed by atoms with Crippen molar-refractivity contribution < 1.29 is 9.53 Å². The second kappa shape index (κ2) is 8.34. The van der Waals surface area contributed by atoms with E-state index in [0.717, 1.165) is 35.0 Å². The number of carbonyl (C=O) groups is 1. The van der Waals surface area contributed by atoms with Crippen LogP contribution in [0.5, 0.6) is 5.75 Å². The third-order valence-electron chi connectivity index (χ3n) is 4.52. The number of nitrogens with one attached hydrogen (secondary N) is 1. The van der Waals surface area contributed by atoms with Gasteiger partial charge < -0.3 is 10.1 Å². The van der Waals surface area contributed by atoms with Gasteiger partial charge in [-0.2, -0.15) is 11.8 Å². The minimum absolute atomic E-state index is 0.306. The van der Waals surface area contributed by atoms with Crippen LogP contribution in [0.3, 0.4) is 0 Å². The van der Waals surface area contributed by atoms with Gasteiger partial charge in [0.2, 0.25) is 0 Å². The first-order chi connectivity index (χ1) is 14.0. The Labute approximate surface area is 177 Å². The highest BCUT2D eigenvalue weighted by Gasteiger charge is 2.19. The zero-order chi connectivity index (χ0) is 20.4. The molecule has 1 aliphatic rings. The average Bonchev–Trinajstić information content (AvgIpc) is 2.73. The number of aromatic nitrogens is 4. The lowest BCUT2D eigenvalue weighted by molar-refractivity contribution is 0.102. The van der Waals surface area contributed by atoms with E-state index in [1.165, 1.54) is 12.4 Å². The maximum Gasteiger partial charge on any atom is 0.259 e. The maximum atomic E-state index is 13.1. The molecule has 3 aromatic heterocycles. The van der Waals surface area contributed by atoms with Crippen LogP contribution < -0.4 is 10.1 Å². The molecule has 0 unspecified atom stereocenters. The molecule has 1 aliphatic heterocycles. The summed E-state index contributed by atoms with van der Waals surface area (Å²) in [6, 6.07) is 3.49. The Hall–Kier alpha value is -2.71.